The third-order valence-corrected chi connectivity index (χ3v) is 14.0. The van der Waals surface area contributed by atoms with Crippen LogP contribution in [0.25, 0.3) is 33.6 Å². The van der Waals surface area contributed by atoms with Gasteiger partial charge in [-0.3, -0.25) is 9.59 Å². The molecule has 0 radical (unpaired) electrons. The number of rotatable bonds is 11. The van der Waals surface area contributed by atoms with E-state index < -0.39 is 40.1 Å². The molecule has 7 rings (SSSR count). The number of H-pyrrole nitrogens is 2. The van der Waals surface area contributed by atoms with Gasteiger partial charge in [-0.25, -0.2) is 28.0 Å². The highest BCUT2D eigenvalue weighted by atomic mass is 32.2. The van der Waals surface area contributed by atoms with Crippen LogP contribution >= 0.6 is 0 Å². The maximum Gasteiger partial charge on any atom is 0.407 e. The predicted molar refractivity (Wildman–Crippen MR) is 224 cm³/mol. The second-order valence-corrected chi connectivity index (χ2v) is 19.4. The summed E-state index contributed by atoms with van der Waals surface area (Å²) in [5.41, 5.74) is 5.05. The number of likely N-dealkylation sites (tertiary alicyclic amines) is 2. The van der Waals surface area contributed by atoms with E-state index in [2.05, 4.69) is 25.6 Å². The summed E-state index contributed by atoms with van der Waals surface area (Å²) in [5, 5.41) is 14.4. The maximum absolute atomic E-state index is 14.1. The van der Waals surface area contributed by atoms with E-state index in [0.29, 0.717) is 44.0 Å². The minimum atomic E-state index is -3.13. The van der Waals surface area contributed by atoms with Crippen LogP contribution in [0, 0.1) is 17.3 Å². The van der Waals surface area contributed by atoms with Crippen LogP contribution in [-0.2, 0) is 24.2 Å². The van der Waals surface area contributed by atoms with Crippen LogP contribution in [-0.4, -0.2) is 111 Å². The topological polar surface area (TPSA) is 220 Å². The Balaban J connectivity index is 1.05. The molecule has 1 spiro atoms. The van der Waals surface area contributed by atoms with Crippen LogP contribution in [0.1, 0.15) is 83.5 Å². The normalized spacial score (nSPS) is 20.6. The highest BCUT2D eigenvalue weighted by Crippen LogP contribution is 2.49. The van der Waals surface area contributed by atoms with Crippen molar-refractivity contribution in [1.29, 1.82) is 0 Å². The zero-order valence-electron chi connectivity index (χ0n) is 34.6. The molecule has 4 atom stereocenters. The predicted octanol–water partition coefficient (Wildman–Crippen LogP) is 5.94. The fraction of sp³-hybridized carbons (Fsp3) is 0.488. The van der Waals surface area contributed by atoms with E-state index in [-0.39, 0.29) is 46.6 Å². The molecule has 0 aliphatic carbocycles. The molecule has 3 aliphatic heterocycles. The van der Waals surface area contributed by atoms with E-state index in [1.165, 1.54) is 7.11 Å². The number of aromatic amines is 2. The van der Waals surface area contributed by atoms with E-state index in [1.54, 1.807) is 22.2 Å². The molecule has 0 bridgehead atoms. The van der Waals surface area contributed by atoms with Crippen molar-refractivity contribution in [2.24, 2.45) is 17.3 Å². The van der Waals surface area contributed by atoms with Gasteiger partial charge in [-0.1, -0.05) is 76.2 Å². The number of alkyl carbamates (subject to hydrolysis) is 1. The number of nitrogens with one attached hydrogen (secondary N) is 4. The molecule has 2 aromatic heterocycles. The summed E-state index contributed by atoms with van der Waals surface area (Å²) in [5.74, 6) is 0.506. The molecule has 3 unspecified atom stereocenters. The van der Waals surface area contributed by atoms with Gasteiger partial charge in [0.25, 0.3) is 0 Å². The quantitative estimate of drug-likeness (QED) is 0.120. The number of ether oxygens (including phenoxy) is 1. The Morgan fingerprint density at radius 1 is 0.767 bits per heavy atom. The van der Waals surface area contributed by atoms with Crippen LogP contribution in [0.3, 0.4) is 0 Å². The zero-order chi connectivity index (χ0) is 42.9. The van der Waals surface area contributed by atoms with Crippen molar-refractivity contribution in [2.45, 2.75) is 84.0 Å². The molecule has 5 N–H and O–H groups in total. The van der Waals surface area contributed by atoms with Gasteiger partial charge in [-0.2, -0.15) is 0 Å². The molecule has 2 aromatic carbocycles. The molecule has 4 aromatic rings. The first kappa shape index (κ1) is 42.4. The van der Waals surface area contributed by atoms with E-state index >= 15 is 0 Å². The lowest BCUT2D eigenvalue weighted by Gasteiger charge is -2.34. The first-order chi connectivity index (χ1) is 28.6. The molecule has 16 nitrogen and oxygen atoms in total. The Morgan fingerprint density at radius 3 is 1.75 bits per heavy atom. The first-order valence-corrected chi connectivity index (χ1v) is 22.4. The fourth-order valence-corrected chi connectivity index (χ4v) is 10.6. The lowest BCUT2D eigenvalue weighted by molar-refractivity contribution is -0.136. The van der Waals surface area contributed by atoms with Gasteiger partial charge in [-0.15, -0.1) is 0 Å². The summed E-state index contributed by atoms with van der Waals surface area (Å²) in [4.78, 5) is 70.9. The van der Waals surface area contributed by atoms with E-state index in [0.717, 1.165) is 46.5 Å². The molecule has 3 fully saturated rings. The number of methoxy groups -OCH3 is 1. The van der Waals surface area contributed by atoms with Gasteiger partial charge in [0.15, 0.2) is 0 Å². The Hall–Kier alpha value is -5.71. The van der Waals surface area contributed by atoms with Crippen molar-refractivity contribution in [3.8, 4) is 33.6 Å². The maximum atomic E-state index is 14.1. The molecular formula is C43H54N8O8S. The SMILES string of the molecule is COC(=O)NC(C(=O)N1CC2(CCS(=O)(=O)CC2)CC1c1ncc(-c2ccc(-c3ccc(-c4cnc([C@@H]5CCCN5C(=O)C(NC(=O)O)C(C)C)[nH]4)cc3)cc2)[nH]1)C(C)C. The molecular weight excluding hydrogens is 789 g/mol. The van der Waals surface area contributed by atoms with Crippen LogP contribution in [0.2, 0.25) is 0 Å². The summed E-state index contributed by atoms with van der Waals surface area (Å²) in [6.45, 7) is 8.26. The number of hydrogen-bond donors (Lipinski definition) is 5. The van der Waals surface area contributed by atoms with Gasteiger partial charge in [-0.05, 0) is 71.6 Å². The number of carbonyl (C=O) groups excluding carboxylic acids is 3. The van der Waals surface area contributed by atoms with Gasteiger partial charge in [0.1, 0.15) is 33.6 Å². The minimum absolute atomic E-state index is 0.0802. The van der Waals surface area contributed by atoms with Crippen LogP contribution in [0.5, 0.6) is 0 Å². The van der Waals surface area contributed by atoms with Crippen molar-refractivity contribution >= 4 is 33.8 Å². The molecule has 60 heavy (non-hydrogen) atoms. The largest absolute Gasteiger partial charge is 0.465 e. The Labute approximate surface area is 349 Å². The van der Waals surface area contributed by atoms with Gasteiger partial charge in [0.2, 0.25) is 11.8 Å². The summed E-state index contributed by atoms with van der Waals surface area (Å²) >= 11 is 0. The highest BCUT2D eigenvalue weighted by molar-refractivity contribution is 7.91. The number of benzene rings is 2. The van der Waals surface area contributed by atoms with Crippen molar-refractivity contribution in [3.63, 3.8) is 0 Å². The summed E-state index contributed by atoms with van der Waals surface area (Å²) in [6.07, 6.45) is 4.60. The second kappa shape index (κ2) is 17.1. The van der Waals surface area contributed by atoms with E-state index in [4.69, 9.17) is 9.72 Å². The van der Waals surface area contributed by atoms with Crippen LogP contribution in [0.15, 0.2) is 60.9 Å². The number of amides is 4. The lowest BCUT2D eigenvalue weighted by atomic mass is 9.80. The Morgan fingerprint density at radius 2 is 1.25 bits per heavy atom. The standard InChI is InChI=1S/C43H54N8O8S/c1-25(2)35(48-41(54)55)39(52)50-18-6-7-33(50)37-44-22-31(46-37)29-12-8-27(9-13-29)28-10-14-30(15-11-28)32-23-45-38(47-32)34-21-43(16-19-60(57,58)20-17-43)24-51(34)40(53)36(26(3)4)49-42(56)59-5/h8-15,22-23,25-26,33-36,48H,6-7,16-21,24H2,1-5H3,(H,44,46)(H,45,47)(H,49,56)(H,54,55)/t33-,34?,35?,36?/m0/s1. The number of nitrogens with zero attached hydrogens (tertiary/aromatic N) is 4. The van der Waals surface area contributed by atoms with Crippen LogP contribution < -0.4 is 10.6 Å². The van der Waals surface area contributed by atoms with Crippen molar-refractivity contribution in [2.75, 3.05) is 31.7 Å². The van der Waals surface area contributed by atoms with Gasteiger partial charge in [0.05, 0.1) is 54.5 Å². The van der Waals surface area contributed by atoms with E-state index in [1.807, 2.05) is 76.2 Å². The molecule has 4 amide bonds. The number of aromatic nitrogens is 4. The molecule has 3 saturated heterocycles. The third kappa shape index (κ3) is 8.90. The average Bonchev–Trinajstić information content (AvgIpc) is 4.06. The second-order valence-electron chi connectivity index (χ2n) is 17.1. The number of hydrogen-bond acceptors (Lipinski definition) is 9. The molecule has 320 valence electrons. The van der Waals surface area contributed by atoms with E-state index in [9.17, 15) is 32.7 Å². The number of imidazole rings is 2. The summed E-state index contributed by atoms with van der Waals surface area (Å²) in [7, 11) is -1.87. The van der Waals surface area contributed by atoms with Crippen molar-refractivity contribution in [1.82, 2.24) is 40.4 Å². The molecule has 0 saturated carbocycles. The van der Waals surface area contributed by atoms with Crippen LogP contribution in [0.4, 0.5) is 9.59 Å². The Bertz CT molecular complexity index is 2310. The first-order valence-electron chi connectivity index (χ1n) is 20.5. The van der Waals surface area contributed by atoms with Crippen molar-refractivity contribution < 1.29 is 37.4 Å². The monoisotopic (exact) mass is 842 g/mol. The fourth-order valence-electron chi connectivity index (χ4n) is 8.87. The molecule has 5 heterocycles. The number of carbonyl (C=O) groups is 4. The summed E-state index contributed by atoms with van der Waals surface area (Å²) in [6, 6.07) is 13.8. The third-order valence-electron chi connectivity index (χ3n) is 12.4. The Kier molecular flexibility index (Phi) is 12.1. The van der Waals surface area contributed by atoms with Gasteiger partial charge in [0, 0.05) is 13.1 Å². The highest BCUT2D eigenvalue weighted by Gasteiger charge is 2.51. The number of carboxylic acid groups (broad SMARTS) is 1. The average molecular weight is 843 g/mol. The summed E-state index contributed by atoms with van der Waals surface area (Å²) < 4.78 is 29.6. The van der Waals surface area contributed by atoms with Gasteiger partial charge >= 0.3 is 12.2 Å². The smallest absolute Gasteiger partial charge is 0.407 e. The van der Waals surface area contributed by atoms with Crippen molar-refractivity contribution in [3.05, 3.63) is 72.6 Å². The minimum Gasteiger partial charge on any atom is -0.465 e. The molecule has 17 heteroatoms. The number of sulfone groups is 1. The molecule has 3 aliphatic rings. The van der Waals surface area contributed by atoms with Gasteiger partial charge < -0.3 is 40.2 Å². The lowest BCUT2D eigenvalue weighted by Crippen LogP contribution is -2.51. The zero-order valence-corrected chi connectivity index (χ0v) is 35.4.